The van der Waals surface area contributed by atoms with Gasteiger partial charge in [-0.15, -0.1) is 0 Å². The molecule has 0 aromatic carbocycles. The van der Waals surface area contributed by atoms with Crippen LogP contribution in [0.25, 0.3) is 0 Å². The SMILES string of the molecule is CC(CC1C[Te]23(CCCCC2)(CC(CC(C)OS)[Se]3)[Se]1)OS. The molecule has 3 aliphatic heterocycles. The monoisotopic (exact) mass is 596 g/mol. The van der Waals surface area contributed by atoms with Crippen molar-refractivity contribution in [3.8, 4) is 0 Å². The Kier molecular flexibility index (Phi) is 5.73. The van der Waals surface area contributed by atoms with E-state index in [0.29, 0.717) is 12.2 Å². The number of thiol groups is 2. The van der Waals surface area contributed by atoms with Crippen LogP contribution in [-0.4, -0.2) is 46.7 Å². The Morgan fingerprint density at radius 3 is 1.68 bits per heavy atom. The zero-order chi connectivity index (χ0) is 15.9. The predicted octanol–water partition coefficient (Wildman–Crippen LogP) is 4.81. The summed E-state index contributed by atoms with van der Waals surface area (Å²) >= 11 is 10.0. The zero-order valence-electron chi connectivity index (χ0n) is 13.6. The summed E-state index contributed by atoms with van der Waals surface area (Å²) in [6.45, 7) is 4.37. The van der Waals surface area contributed by atoms with E-state index in [0.717, 1.165) is 33.2 Å². The molecule has 7 heteroatoms. The van der Waals surface area contributed by atoms with Crippen molar-refractivity contribution in [1.29, 1.82) is 0 Å². The van der Waals surface area contributed by atoms with Crippen molar-refractivity contribution in [2.45, 2.75) is 85.7 Å². The predicted molar refractivity (Wildman–Crippen MR) is 106 cm³/mol. The number of rotatable bonds is 6. The topological polar surface area (TPSA) is 18.5 Å². The third kappa shape index (κ3) is 3.24. The van der Waals surface area contributed by atoms with Gasteiger partial charge < -0.3 is 0 Å². The van der Waals surface area contributed by atoms with E-state index >= 15 is 0 Å². The first-order valence-electron chi connectivity index (χ1n) is 8.40. The van der Waals surface area contributed by atoms with Crippen LogP contribution in [0.3, 0.4) is 0 Å². The van der Waals surface area contributed by atoms with Gasteiger partial charge in [0.15, 0.2) is 0 Å². The minimum absolute atomic E-state index is 0.341. The maximum absolute atomic E-state index is 5.24. The van der Waals surface area contributed by atoms with Gasteiger partial charge in [0.05, 0.1) is 0 Å². The molecule has 4 unspecified atom stereocenters. The van der Waals surface area contributed by atoms with Crippen LogP contribution in [-0.2, 0) is 8.37 Å². The van der Waals surface area contributed by atoms with Crippen molar-refractivity contribution >= 4 is 60.3 Å². The Morgan fingerprint density at radius 2 is 1.32 bits per heavy atom. The molecular weight excluding hydrogens is 562 g/mol. The molecule has 4 atom stereocenters. The second kappa shape index (κ2) is 6.56. The normalized spacial score (nSPS) is 40.4. The van der Waals surface area contributed by atoms with Crippen molar-refractivity contribution in [2.24, 2.45) is 0 Å². The van der Waals surface area contributed by atoms with Crippen LogP contribution in [0.1, 0.15) is 46.0 Å². The molecule has 0 N–H and O–H groups in total. The number of hydrogen-bond donors (Lipinski definition) is 2. The molecule has 1 spiro atoms. The van der Waals surface area contributed by atoms with E-state index < -0.39 is 11.0 Å². The molecule has 3 fully saturated rings. The van der Waals surface area contributed by atoms with Crippen LogP contribution >= 0.6 is 25.8 Å². The molecule has 3 saturated heterocycles. The molecule has 3 heterocycles. The van der Waals surface area contributed by atoms with Gasteiger partial charge in [0.25, 0.3) is 0 Å². The molecule has 3 rings (SSSR count). The van der Waals surface area contributed by atoms with E-state index in [1.54, 1.807) is 30.7 Å². The summed E-state index contributed by atoms with van der Waals surface area (Å²) in [4.78, 5) is 2.03. The van der Waals surface area contributed by atoms with E-state index in [1.807, 2.05) is 0 Å². The first kappa shape index (κ1) is 19.2. The fraction of sp³-hybridized carbons (Fsp3) is 1.00. The van der Waals surface area contributed by atoms with Gasteiger partial charge in [-0.05, 0) is 0 Å². The molecule has 2 nitrogen and oxygen atoms in total. The third-order valence-electron chi connectivity index (χ3n) is 5.78. The molecule has 0 aliphatic carbocycles. The maximum atomic E-state index is 5.24. The van der Waals surface area contributed by atoms with Crippen molar-refractivity contribution in [3.05, 3.63) is 0 Å². The van der Waals surface area contributed by atoms with Gasteiger partial charge in [-0.3, -0.25) is 0 Å². The summed E-state index contributed by atoms with van der Waals surface area (Å²) in [7, 11) is -2.48. The summed E-state index contributed by atoms with van der Waals surface area (Å²) in [6, 6.07) is 0. The summed E-state index contributed by atoms with van der Waals surface area (Å²) < 4.78 is 17.3. The van der Waals surface area contributed by atoms with Crippen molar-refractivity contribution in [3.63, 3.8) is 0 Å². The number of hydrogen-bond acceptors (Lipinski definition) is 4. The molecule has 0 bridgehead atoms. The quantitative estimate of drug-likeness (QED) is 0.262. The van der Waals surface area contributed by atoms with E-state index in [2.05, 4.69) is 39.7 Å². The Bertz CT molecular complexity index is 388. The fourth-order valence-corrected chi connectivity index (χ4v) is 115. The molecule has 132 valence electrons. The molecule has 0 aromatic heterocycles. The summed E-state index contributed by atoms with van der Waals surface area (Å²) in [6.07, 6.45) is 7.85. The van der Waals surface area contributed by atoms with Crippen LogP contribution in [0.5, 0.6) is 0 Å². The Morgan fingerprint density at radius 1 is 0.909 bits per heavy atom. The first-order chi connectivity index (χ1) is 10.4. The molecule has 22 heavy (non-hydrogen) atoms. The summed E-state index contributed by atoms with van der Waals surface area (Å²) in [5.41, 5.74) is 0. The van der Waals surface area contributed by atoms with Gasteiger partial charge in [0.2, 0.25) is 0 Å². The van der Waals surface area contributed by atoms with Gasteiger partial charge >= 0.3 is 154 Å². The standard InChI is InChI=1S/C15H30O2S2Se2Te/c1-12(16-18)8-14-10-22(20-14,6-4-3-5-7-22)11-15(21-22)9-13(2)17-19/h12-15,18-19H,3-11H2,1-2H3. The Balaban J connectivity index is 1.67. The molecule has 0 radical (unpaired) electrons. The van der Waals surface area contributed by atoms with Crippen LogP contribution in [0.15, 0.2) is 0 Å². The second-order valence-corrected chi connectivity index (χ2v) is 72.9. The second-order valence-electron chi connectivity index (χ2n) is 7.78. The van der Waals surface area contributed by atoms with Gasteiger partial charge in [-0.25, -0.2) is 0 Å². The molecule has 0 aromatic rings. The van der Waals surface area contributed by atoms with Crippen molar-refractivity contribution in [2.75, 3.05) is 0 Å². The average molecular weight is 592 g/mol. The average Bonchev–Trinajstić information content (AvgIpc) is 2.45. The molecule has 3 aliphatic rings. The first-order valence-corrected chi connectivity index (χ1v) is 29.0. The molecule has 0 amide bonds. The van der Waals surface area contributed by atoms with Gasteiger partial charge in [-0.1, -0.05) is 0 Å². The fourth-order valence-electron chi connectivity index (χ4n) is 5.02. The minimum atomic E-state index is -2.48. The van der Waals surface area contributed by atoms with E-state index in [4.69, 9.17) is 8.37 Å². The van der Waals surface area contributed by atoms with E-state index in [1.165, 1.54) is 19.3 Å². The van der Waals surface area contributed by atoms with Gasteiger partial charge in [0.1, 0.15) is 0 Å². The zero-order valence-corrected chi connectivity index (χ0v) is 21.2. The summed E-state index contributed by atoms with van der Waals surface area (Å²) in [5.74, 6) is 0. The Hall–Kier alpha value is 2.45. The third-order valence-corrected chi connectivity index (χ3v) is 86.2. The van der Waals surface area contributed by atoms with Crippen molar-refractivity contribution in [1.82, 2.24) is 0 Å². The van der Waals surface area contributed by atoms with Crippen LogP contribution in [0, 0.1) is 0 Å². The molecular formula is C15H30O2S2Se2Te. The van der Waals surface area contributed by atoms with Crippen LogP contribution in [0.4, 0.5) is 0 Å². The summed E-state index contributed by atoms with van der Waals surface area (Å²) in [5, 5.41) is 0. The van der Waals surface area contributed by atoms with Crippen LogP contribution in [0.2, 0.25) is 27.5 Å². The van der Waals surface area contributed by atoms with Crippen molar-refractivity contribution < 1.29 is 8.37 Å². The Labute approximate surface area is 153 Å². The molecule has 0 saturated carbocycles. The van der Waals surface area contributed by atoms with Gasteiger partial charge in [-0.2, -0.15) is 0 Å². The van der Waals surface area contributed by atoms with Crippen LogP contribution < -0.4 is 0 Å². The van der Waals surface area contributed by atoms with E-state index in [-0.39, 0.29) is 0 Å². The van der Waals surface area contributed by atoms with Gasteiger partial charge in [0, 0.05) is 0 Å². The van der Waals surface area contributed by atoms with E-state index in [9.17, 15) is 0 Å².